The Kier molecular flexibility index (Phi) is 4.93. The Labute approximate surface area is 103 Å². The smallest absolute Gasteiger partial charge is 0.241 e. The van der Waals surface area contributed by atoms with E-state index in [9.17, 15) is 9.59 Å². The van der Waals surface area contributed by atoms with Gasteiger partial charge in [0.1, 0.15) is 0 Å². The number of amides is 2. The number of nitrogens with zero attached hydrogens (tertiary/aromatic N) is 1. The Bertz CT molecular complexity index is 281. The van der Waals surface area contributed by atoms with Gasteiger partial charge in [-0.2, -0.15) is 0 Å². The molecule has 1 aliphatic carbocycles. The second-order valence-corrected chi connectivity index (χ2v) is 5.28. The van der Waals surface area contributed by atoms with E-state index in [1.54, 1.807) is 14.1 Å². The van der Waals surface area contributed by atoms with Crippen molar-refractivity contribution >= 4 is 11.8 Å². The molecule has 1 rings (SSSR count). The molecule has 3 N–H and O–H groups in total. The van der Waals surface area contributed by atoms with Gasteiger partial charge in [-0.15, -0.1) is 0 Å². The van der Waals surface area contributed by atoms with Crippen LogP contribution in [0.25, 0.3) is 0 Å². The fraction of sp³-hybridized carbons (Fsp3) is 0.833. The molecule has 0 aliphatic heterocycles. The number of rotatable bonds is 3. The van der Waals surface area contributed by atoms with Gasteiger partial charge in [-0.05, 0) is 25.2 Å². The highest BCUT2D eigenvalue weighted by Crippen LogP contribution is 2.27. The summed E-state index contributed by atoms with van der Waals surface area (Å²) in [5.41, 5.74) is 5.90. The molecule has 3 unspecified atom stereocenters. The van der Waals surface area contributed by atoms with Crippen molar-refractivity contribution in [2.75, 3.05) is 20.6 Å². The molecule has 2 amide bonds. The summed E-state index contributed by atoms with van der Waals surface area (Å²) in [6.45, 7) is 2.19. The number of carbonyl (C=O) groups is 2. The number of carbonyl (C=O) groups excluding carboxylic acids is 2. The third kappa shape index (κ3) is 4.34. The molecule has 3 atom stereocenters. The lowest BCUT2D eigenvalue weighted by Gasteiger charge is -2.30. The highest BCUT2D eigenvalue weighted by atomic mass is 16.2. The van der Waals surface area contributed by atoms with Crippen LogP contribution < -0.4 is 11.1 Å². The SMILES string of the molecule is CC1CC(N)CC(C(=O)NCC(=O)N(C)C)C1. The first-order valence-corrected chi connectivity index (χ1v) is 6.13. The highest BCUT2D eigenvalue weighted by Gasteiger charge is 2.29. The van der Waals surface area contributed by atoms with Gasteiger partial charge in [0, 0.05) is 26.1 Å². The van der Waals surface area contributed by atoms with E-state index in [-0.39, 0.29) is 30.3 Å². The summed E-state index contributed by atoms with van der Waals surface area (Å²) in [5, 5.41) is 2.69. The normalized spacial score (nSPS) is 28.6. The first-order valence-electron chi connectivity index (χ1n) is 6.13. The van der Waals surface area contributed by atoms with Gasteiger partial charge in [0.15, 0.2) is 0 Å². The number of hydrogen-bond acceptors (Lipinski definition) is 3. The molecule has 0 spiro atoms. The summed E-state index contributed by atoms with van der Waals surface area (Å²) in [5.74, 6) is 0.316. The zero-order valence-electron chi connectivity index (χ0n) is 10.9. The largest absolute Gasteiger partial charge is 0.347 e. The molecule has 0 aromatic rings. The molecule has 0 bridgehead atoms. The first kappa shape index (κ1) is 14.0. The molecular weight excluding hydrogens is 218 g/mol. The Morgan fingerprint density at radius 1 is 1.29 bits per heavy atom. The van der Waals surface area contributed by atoms with Crippen molar-refractivity contribution in [1.82, 2.24) is 10.2 Å². The zero-order chi connectivity index (χ0) is 13.0. The molecule has 98 valence electrons. The maximum absolute atomic E-state index is 11.9. The predicted octanol–water partition coefficient (Wildman–Crippen LogP) is -0.0457. The lowest BCUT2D eigenvalue weighted by Crippen LogP contribution is -2.43. The van der Waals surface area contributed by atoms with Crippen molar-refractivity contribution in [1.29, 1.82) is 0 Å². The maximum Gasteiger partial charge on any atom is 0.241 e. The minimum atomic E-state index is -0.0912. The number of likely N-dealkylation sites (N-methyl/N-ethyl adjacent to an activating group) is 1. The summed E-state index contributed by atoms with van der Waals surface area (Å²) in [6.07, 6.45) is 2.59. The summed E-state index contributed by atoms with van der Waals surface area (Å²) >= 11 is 0. The third-order valence-electron chi connectivity index (χ3n) is 3.26. The molecule has 1 fully saturated rings. The van der Waals surface area contributed by atoms with Gasteiger partial charge in [-0.3, -0.25) is 9.59 Å². The van der Waals surface area contributed by atoms with Crippen molar-refractivity contribution in [3.63, 3.8) is 0 Å². The molecule has 5 nitrogen and oxygen atoms in total. The van der Waals surface area contributed by atoms with Crippen molar-refractivity contribution in [3.8, 4) is 0 Å². The van der Waals surface area contributed by atoms with Crippen LogP contribution in [0.3, 0.4) is 0 Å². The Morgan fingerprint density at radius 2 is 1.94 bits per heavy atom. The van der Waals surface area contributed by atoms with E-state index in [1.807, 2.05) is 0 Å². The van der Waals surface area contributed by atoms with Gasteiger partial charge in [-0.25, -0.2) is 0 Å². The van der Waals surface area contributed by atoms with Gasteiger partial charge in [0.2, 0.25) is 11.8 Å². The number of hydrogen-bond donors (Lipinski definition) is 2. The first-order chi connectivity index (χ1) is 7.90. The average molecular weight is 241 g/mol. The van der Waals surface area contributed by atoms with E-state index in [0.717, 1.165) is 19.3 Å². The summed E-state index contributed by atoms with van der Waals surface area (Å²) in [6, 6.07) is 0.110. The number of nitrogens with one attached hydrogen (secondary N) is 1. The van der Waals surface area contributed by atoms with Crippen LogP contribution in [-0.4, -0.2) is 43.4 Å². The fourth-order valence-electron chi connectivity index (χ4n) is 2.34. The summed E-state index contributed by atoms with van der Waals surface area (Å²) in [7, 11) is 3.35. The molecule has 1 saturated carbocycles. The molecule has 0 radical (unpaired) electrons. The van der Waals surface area contributed by atoms with Crippen LogP contribution in [0.1, 0.15) is 26.2 Å². The summed E-state index contributed by atoms with van der Waals surface area (Å²) in [4.78, 5) is 24.7. The maximum atomic E-state index is 11.9. The van der Waals surface area contributed by atoms with Crippen LogP contribution >= 0.6 is 0 Å². The van der Waals surface area contributed by atoms with Gasteiger partial charge >= 0.3 is 0 Å². The van der Waals surface area contributed by atoms with Crippen molar-refractivity contribution in [2.24, 2.45) is 17.6 Å². The fourth-order valence-corrected chi connectivity index (χ4v) is 2.34. The van der Waals surface area contributed by atoms with E-state index in [4.69, 9.17) is 5.73 Å². The predicted molar refractivity (Wildman–Crippen MR) is 66.2 cm³/mol. The molecular formula is C12H23N3O2. The highest BCUT2D eigenvalue weighted by molar-refractivity contribution is 5.85. The summed E-state index contributed by atoms with van der Waals surface area (Å²) < 4.78 is 0. The quantitative estimate of drug-likeness (QED) is 0.727. The molecule has 0 aromatic carbocycles. The lowest BCUT2D eigenvalue weighted by atomic mass is 9.79. The van der Waals surface area contributed by atoms with Crippen molar-refractivity contribution in [2.45, 2.75) is 32.2 Å². The van der Waals surface area contributed by atoms with Gasteiger partial charge in [0.25, 0.3) is 0 Å². The minimum absolute atomic E-state index is 0.0382. The van der Waals surface area contributed by atoms with Crippen LogP contribution in [0.4, 0.5) is 0 Å². The van der Waals surface area contributed by atoms with Crippen LogP contribution in [-0.2, 0) is 9.59 Å². The van der Waals surface area contributed by atoms with E-state index < -0.39 is 0 Å². The van der Waals surface area contributed by atoms with Crippen LogP contribution in [0.5, 0.6) is 0 Å². The van der Waals surface area contributed by atoms with Crippen LogP contribution in [0.15, 0.2) is 0 Å². The average Bonchev–Trinajstić information content (AvgIpc) is 2.23. The second kappa shape index (κ2) is 6.00. The van der Waals surface area contributed by atoms with E-state index in [1.165, 1.54) is 4.90 Å². The van der Waals surface area contributed by atoms with Gasteiger partial charge in [0.05, 0.1) is 6.54 Å². The van der Waals surface area contributed by atoms with Gasteiger partial charge < -0.3 is 16.0 Å². The molecule has 1 aliphatic rings. The van der Waals surface area contributed by atoms with Crippen LogP contribution in [0.2, 0.25) is 0 Å². The molecule has 5 heteroatoms. The molecule has 17 heavy (non-hydrogen) atoms. The standard InChI is InChI=1S/C12H23N3O2/c1-8-4-9(6-10(13)5-8)12(17)14-7-11(16)15(2)3/h8-10H,4-7,13H2,1-3H3,(H,14,17). The Morgan fingerprint density at radius 3 is 2.47 bits per heavy atom. The van der Waals surface area contributed by atoms with Crippen molar-refractivity contribution in [3.05, 3.63) is 0 Å². The third-order valence-corrected chi connectivity index (χ3v) is 3.26. The topological polar surface area (TPSA) is 75.4 Å². The van der Waals surface area contributed by atoms with E-state index >= 15 is 0 Å². The zero-order valence-corrected chi connectivity index (χ0v) is 10.9. The monoisotopic (exact) mass is 241 g/mol. The lowest BCUT2D eigenvalue weighted by molar-refractivity contribution is -0.132. The Balaban J connectivity index is 2.39. The van der Waals surface area contributed by atoms with E-state index in [0.29, 0.717) is 5.92 Å². The van der Waals surface area contributed by atoms with Gasteiger partial charge in [-0.1, -0.05) is 6.92 Å². The second-order valence-electron chi connectivity index (χ2n) is 5.28. The molecule has 0 saturated heterocycles. The Hall–Kier alpha value is -1.10. The molecule has 0 aromatic heterocycles. The molecule has 0 heterocycles. The van der Waals surface area contributed by atoms with Crippen molar-refractivity contribution < 1.29 is 9.59 Å². The minimum Gasteiger partial charge on any atom is -0.347 e. The van der Waals surface area contributed by atoms with E-state index in [2.05, 4.69) is 12.2 Å². The number of nitrogens with two attached hydrogens (primary N) is 1. The van der Waals surface area contributed by atoms with Crippen LogP contribution in [0, 0.1) is 11.8 Å².